The van der Waals surface area contributed by atoms with E-state index in [0.717, 1.165) is 11.5 Å². The van der Waals surface area contributed by atoms with Gasteiger partial charge in [-0.15, -0.1) is 0 Å². The lowest BCUT2D eigenvalue weighted by Crippen LogP contribution is -1.99. The molecule has 2 heterocycles. The second kappa shape index (κ2) is 4.13. The minimum atomic E-state index is -0.241. The number of pyridine rings is 1. The molecule has 1 N–H and O–H groups in total. The first kappa shape index (κ1) is 9.71. The number of ether oxygens (including phenoxy) is 1. The van der Waals surface area contributed by atoms with Crippen LogP contribution in [0.2, 0.25) is 0 Å². The van der Waals surface area contributed by atoms with Gasteiger partial charge in [-0.2, -0.15) is 0 Å². The normalized spacial score (nSPS) is 17.9. The lowest BCUT2D eigenvalue weighted by atomic mass is 10.2. The van der Waals surface area contributed by atoms with Gasteiger partial charge in [-0.25, -0.2) is 9.78 Å². The van der Waals surface area contributed by atoms with Crippen LogP contribution in [0.1, 0.15) is 12.1 Å². The molecule has 1 saturated heterocycles. The topological polar surface area (TPSA) is 51.2 Å². The Morgan fingerprint density at radius 3 is 3.07 bits per heavy atom. The second-order valence-electron chi connectivity index (χ2n) is 3.36. The van der Waals surface area contributed by atoms with E-state index in [0.29, 0.717) is 18.6 Å². The Labute approximate surface area is 88.0 Å². The van der Waals surface area contributed by atoms with Crippen molar-refractivity contribution in [1.29, 1.82) is 0 Å². The molecule has 1 aliphatic rings. The Kier molecular flexibility index (Phi) is 2.67. The van der Waals surface area contributed by atoms with E-state index < -0.39 is 0 Å². The van der Waals surface area contributed by atoms with E-state index in [4.69, 9.17) is 4.74 Å². The van der Waals surface area contributed by atoms with Gasteiger partial charge in [0.15, 0.2) is 0 Å². The summed E-state index contributed by atoms with van der Waals surface area (Å²) in [7, 11) is 0. The molecule has 4 heteroatoms. The maximum atomic E-state index is 11.1. The van der Waals surface area contributed by atoms with Crippen LogP contribution in [-0.2, 0) is 9.53 Å². The minimum absolute atomic E-state index is 0.241. The Hall–Kier alpha value is -1.84. The molecule has 0 aromatic carbocycles. The molecule has 0 atom stereocenters. The van der Waals surface area contributed by atoms with E-state index in [1.54, 1.807) is 6.20 Å². The smallest absolute Gasteiger partial charge is 0.335 e. The van der Waals surface area contributed by atoms with Crippen LogP contribution in [0, 0.1) is 6.92 Å². The van der Waals surface area contributed by atoms with Gasteiger partial charge in [-0.1, -0.05) is 6.07 Å². The molecule has 0 saturated carbocycles. The van der Waals surface area contributed by atoms with Gasteiger partial charge in [0.05, 0.1) is 12.2 Å². The number of aromatic nitrogens is 1. The molecule has 0 amide bonds. The van der Waals surface area contributed by atoms with E-state index >= 15 is 0 Å². The van der Waals surface area contributed by atoms with Crippen LogP contribution in [0.5, 0.6) is 0 Å². The monoisotopic (exact) mass is 204 g/mol. The van der Waals surface area contributed by atoms with Crippen LogP contribution in [0.15, 0.2) is 30.0 Å². The second-order valence-corrected chi connectivity index (χ2v) is 3.36. The number of hydrogen-bond donors (Lipinski definition) is 1. The molecule has 1 aromatic heterocycles. The summed E-state index contributed by atoms with van der Waals surface area (Å²) in [5.74, 6) is 0.498. The van der Waals surface area contributed by atoms with Crippen molar-refractivity contribution in [2.24, 2.45) is 0 Å². The number of nitrogens with zero attached hydrogens (tertiary/aromatic N) is 1. The van der Waals surface area contributed by atoms with Gasteiger partial charge < -0.3 is 10.1 Å². The number of hydrogen-bond acceptors (Lipinski definition) is 4. The van der Waals surface area contributed by atoms with E-state index in [9.17, 15) is 4.79 Å². The summed E-state index contributed by atoms with van der Waals surface area (Å²) in [6.45, 7) is 2.40. The first-order chi connectivity index (χ1) is 7.25. The highest BCUT2D eigenvalue weighted by Crippen LogP contribution is 2.13. The zero-order chi connectivity index (χ0) is 10.7. The number of anilines is 1. The molecule has 1 fully saturated rings. The molecule has 0 aliphatic carbocycles. The summed E-state index contributed by atoms with van der Waals surface area (Å²) in [6.07, 6.45) is 2.33. The lowest BCUT2D eigenvalue weighted by molar-refractivity contribution is -0.135. The third-order valence-corrected chi connectivity index (χ3v) is 2.15. The molecule has 2 rings (SSSR count). The largest absolute Gasteiger partial charge is 0.462 e. The van der Waals surface area contributed by atoms with E-state index in [1.165, 1.54) is 0 Å². The highest BCUT2D eigenvalue weighted by molar-refractivity contribution is 5.90. The predicted octanol–water partition coefficient (Wildman–Crippen LogP) is 1.63. The van der Waals surface area contributed by atoms with Gasteiger partial charge in [0.25, 0.3) is 0 Å². The summed E-state index contributed by atoms with van der Waals surface area (Å²) >= 11 is 0. The molecule has 0 spiro atoms. The van der Waals surface area contributed by atoms with Gasteiger partial charge in [0.1, 0.15) is 5.82 Å². The fourth-order valence-electron chi connectivity index (χ4n) is 1.36. The highest BCUT2D eigenvalue weighted by Gasteiger charge is 2.17. The van der Waals surface area contributed by atoms with E-state index in [-0.39, 0.29) is 5.97 Å². The van der Waals surface area contributed by atoms with Gasteiger partial charge in [0, 0.05) is 18.3 Å². The molecule has 0 bridgehead atoms. The summed E-state index contributed by atoms with van der Waals surface area (Å²) in [6, 6.07) is 5.68. The van der Waals surface area contributed by atoms with Crippen molar-refractivity contribution in [3.05, 3.63) is 35.7 Å². The average Bonchev–Trinajstić information content (AvgIpc) is 2.61. The van der Waals surface area contributed by atoms with Crippen LogP contribution in [0.4, 0.5) is 5.82 Å². The molecule has 0 radical (unpaired) electrons. The minimum Gasteiger partial charge on any atom is -0.462 e. The van der Waals surface area contributed by atoms with Crippen molar-refractivity contribution in [1.82, 2.24) is 4.98 Å². The Bertz CT molecular complexity index is 413. The summed E-state index contributed by atoms with van der Waals surface area (Å²) < 4.78 is 4.81. The van der Waals surface area contributed by atoms with Crippen molar-refractivity contribution >= 4 is 11.8 Å². The zero-order valence-corrected chi connectivity index (χ0v) is 8.49. The molecule has 0 unspecified atom stereocenters. The van der Waals surface area contributed by atoms with Gasteiger partial charge in [-0.3, -0.25) is 0 Å². The zero-order valence-electron chi connectivity index (χ0n) is 8.49. The van der Waals surface area contributed by atoms with Crippen molar-refractivity contribution in [2.75, 3.05) is 11.9 Å². The fraction of sp³-hybridized carbons (Fsp3) is 0.273. The summed E-state index contributed by atoms with van der Waals surface area (Å²) in [5.41, 5.74) is 1.60. The molecule has 15 heavy (non-hydrogen) atoms. The highest BCUT2D eigenvalue weighted by atomic mass is 16.5. The molecule has 1 aromatic rings. The van der Waals surface area contributed by atoms with Crippen molar-refractivity contribution < 1.29 is 9.53 Å². The number of carbonyl (C=O) groups excluding carboxylic acids is 1. The number of esters is 1. The van der Waals surface area contributed by atoms with Crippen LogP contribution in [0.25, 0.3) is 0 Å². The van der Waals surface area contributed by atoms with Crippen LogP contribution < -0.4 is 5.32 Å². The van der Waals surface area contributed by atoms with Crippen molar-refractivity contribution in [3.63, 3.8) is 0 Å². The Balaban J connectivity index is 2.06. The lowest BCUT2D eigenvalue weighted by Gasteiger charge is -2.00. The van der Waals surface area contributed by atoms with Crippen molar-refractivity contribution in [2.45, 2.75) is 13.3 Å². The van der Waals surface area contributed by atoms with Crippen LogP contribution >= 0.6 is 0 Å². The molecular weight excluding hydrogens is 192 g/mol. The third-order valence-electron chi connectivity index (χ3n) is 2.15. The van der Waals surface area contributed by atoms with Gasteiger partial charge in [0.2, 0.25) is 0 Å². The van der Waals surface area contributed by atoms with Crippen LogP contribution in [0.3, 0.4) is 0 Å². The number of aryl methyl sites for hydroxylation is 1. The fourth-order valence-corrected chi connectivity index (χ4v) is 1.36. The molecular formula is C11H12N2O2. The third kappa shape index (κ3) is 2.34. The maximum Gasteiger partial charge on any atom is 0.335 e. The predicted molar refractivity (Wildman–Crippen MR) is 56.3 cm³/mol. The Morgan fingerprint density at radius 2 is 2.40 bits per heavy atom. The first-order valence-electron chi connectivity index (χ1n) is 4.82. The standard InChI is InChI=1S/C11H12N2O2/c1-8-3-2-4-10(13-8)12-7-9-5-6-15-11(9)14/h2-4,7H,5-6H2,1H3,(H,12,13). The van der Waals surface area contributed by atoms with Crippen LogP contribution in [-0.4, -0.2) is 17.6 Å². The number of rotatable bonds is 2. The van der Waals surface area contributed by atoms with Gasteiger partial charge >= 0.3 is 5.97 Å². The molecule has 1 aliphatic heterocycles. The number of carbonyl (C=O) groups is 1. The number of nitrogens with one attached hydrogen (secondary N) is 1. The van der Waals surface area contributed by atoms with E-state index in [2.05, 4.69) is 10.3 Å². The average molecular weight is 204 g/mol. The quantitative estimate of drug-likeness (QED) is 0.587. The summed E-state index contributed by atoms with van der Waals surface area (Å²) in [5, 5.41) is 2.98. The Morgan fingerprint density at radius 1 is 1.53 bits per heavy atom. The molecule has 4 nitrogen and oxygen atoms in total. The van der Waals surface area contributed by atoms with E-state index in [1.807, 2.05) is 25.1 Å². The van der Waals surface area contributed by atoms with Gasteiger partial charge in [-0.05, 0) is 19.1 Å². The van der Waals surface area contributed by atoms with Crippen molar-refractivity contribution in [3.8, 4) is 0 Å². The summed E-state index contributed by atoms with van der Waals surface area (Å²) in [4.78, 5) is 15.4. The maximum absolute atomic E-state index is 11.1. The molecule has 78 valence electrons. The number of cyclic esters (lactones) is 1. The first-order valence-corrected chi connectivity index (χ1v) is 4.82. The SMILES string of the molecule is Cc1cccc(NC=C2CCOC2=O)n1.